The average molecular weight is 487 g/mol. The number of halogens is 2. The fourth-order valence-corrected chi connectivity index (χ4v) is 4.67. The van der Waals surface area contributed by atoms with Crippen molar-refractivity contribution in [1.82, 2.24) is 10.2 Å². The Balaban J connectivity index is 1.75. The second-order valence-electron chi connectivity index (χ2n) is 6.05. The zero-order valence-corrected chi connectivity index (χ0v) is 18.9. The molecule has 0 fully saturated rings. The summed E-state index contributed by atoms with van der Waals surface area (Å²) in [5.74, 6) is 0.113. The minimum atomic E-state index is -3.78. The van der Waals surface area contributed by atoms with E-state index < -0.39 is 22.5 Å². The monoisotopic (exact) mass is 486 g/mol. The lowest BCUT2D eigenvalue weighted by molar-refractivity contribution is -0.114. The normalized spacial score (nSPS) is 11.2. The van der Waals surface area contributed by atoms with Crippen LogP contribution in [0, 0.1) is 0 Å². The number of carbonyl (C=O) groups is 1. The fourth-order valence-electron chi connectivity index (χ4n) is 2.48. The zero-order valence-electron chi connectivity index (χ0n) is 15.8. The van der Waals surface area contributed by atoms with Crippen molar-refractivity contribution in [2.45, 2.75) is 0 Å². The van der Waals surface area contributed by atoms with E-state index in [-0.39, 0.29) is 15.8 Å². The zero-order chi connectivity index (χ0) is 21.9. The molecule has 0 spiro atoms. The van der Waals surface area contributed by atoms with E-state index in [9.17, 15) is 13.2 Å². The predicted octanol–water partition coefficient (Wildman–Crippen LogP) is 3.93. The molecule has 158 valence electrons. The quantitative estimate of drug-likeness (QED) is 0.542. The number of rotatable bonds is 7. The number of hydrogen-bond donors (Lipinski definition) is 1. The first-order valence-electron chi connectivity index (χ1n) is 8.38. The molecule has 1 heterocycles. The van der Waals surface area contributed by atoms with Gasteiger partial charge in [-0.2, -0.15) is 0 Å². The summed E-state index contributed by atoms with van der Waals surface area (Å²) in [7, 11) is -2.21. The third kappa shape index (κ3) is 5.39. The van der Waals surface area contributed by atoms with Gasteiger partial charge < -0.3 is 4.74 Å². The molecule has 0 aliphatic carbocycles. The van der Waals surface area contributed by atoms with Gasteiger partial charge in [-0.15, -0.1) is 10.2 Å². The van der Waals surface area contributed by atoms with Gasteiger partial charge in [-0.3, -0.25) is 14.4 Å². The number of anilines is 2. The molecule has 30 heavy (non-hydrogen) atoms. The number of nitrogens with one attached hydrogen (secondary N) is 1. The molecule has 0 unspecified atom stereocenters. The van der Waals surface area contributed by atoms with Crippen LogP contribution in [0.4, 0.5) is 10.8 Å². The minimum absolute atomic E-state index is 0.110. The van der Waals surface area contributed by atoms with Crippen LogP contribution in [0.5, 0.6) is 5.75 Å². The molecule has 3 aromatic rings. The number of methoxy groups -OCH3 is 1. The first-order chi connectivity index (χ1) is 14.2. The lowest BCUT2D eigenvalue weighted by Crippen LogP contribution is -2.37. The Morgan fingerprint density at radius 1 is 1.17 bits per heavy atom. The van der Waals surface area contributed by atoms with E-state index in [2.05, 4.69) is 15.5 Å². The molecule has 3 rings (SSSR count). The molecule has 1 amide bonds. The van der Waals surface area contributed by atoms with Gasteiger partial charge >= 0.3 is 0 Å². The number of amides is 1. The summed E-state index contributed by atoms with van der Waals surface area (Å²) in [6.45, 7) is -0.488. The van der Waals surface area contributed by atoms with Gasteiger partial charge in [0.05, 0.1) is 24.1 Å². The van der Waals surface area contributed by atoms with Crippen molar-refractivity contribution in [3.05, 3.63) is 52.5 Å². The van der Waals surface area contributed by atoms with Crippen LogP contribution in [0.3, 0.4) is 0 Å². The van der Waals surface area contributed by atoms with Gasteiger partial charge in [0, 0.05) is 10.6 Å². The highest BCUT2D eigenvalue weighted by Gasteiger charge is 2.24. The number of nitrogens with zero attached hydrogens (tertiary/aromatic N) is 3. The number of aromatic nitrogens is 2. The molecule has 8 nitrogen and oxygen atoms in total. The standard InChI is InChI=1S/C18H16Cl2N4O4S2/c1-28-13-6-3-11(4-7-13)17-22-23-18(29-17)21-16(25)10-24(30(2,26)27)15-8-5-12(19)9-14(15)20/h3-9H,10H2,1-2H3,(H,21,23,25). The van der Waals surface area contributed by atoms with Crippen LogP contribution >= 0.6 is 34.5 Å². The molecule has 0 bridgehead atoms. The SMILES string of the molecule is COc1ccc(-c2nnc(NC(=O)CN(c3ccc(Cl)cc3Cl)S(C)(=O)=O)s2)cc1. The van der Waals surface area contributed by atoms with Gasteiger partial charge in [-0.25, -0.2) is 8.42 Å². The highest BCUT2D eigenvalue weighted by Crippen LogP contribution is 2.31. The Hall–Kier alpha value is -2.40. The van der Waals surface area contributed by atoms with Crippen LogP contribution in [0.25, 0.3) is 10.6 Å². The molecule has 0 radical (unpaired) electrons. The van der Waals surface area contributed by atoms with Crippen molar-refractivity contribution in [2.24, 2.45) is 0 Å². The molecule has 2 aromatic carbocycles. The molecule has 1 N–H and O–H groups in total. The maximum absolute atomic E-state index is 12.5. The lowest BCUT2D eigenvalue weighted by Gasteiger charge is -2.22. The highest BCUT2D eigenvalue weighted by molar-refractivity contribution is 7.92. The van der Waals surface area contributed by atoms with Crippen molar-refractivity contribution >= 4 is 61.3 Å². The molecule has 0 saturated carbocycles. The average Bonchev–Trinajstić information content (AvgIpc) is 3.14. The number of sulfonamides is 1. The Kier molecular flexibility index (Phi) is 6.81. The number of carbonyl (C=O) groups excluding carboxylic acids is 1. The Morgan fingerprint density at radius 2 is 1.87 bits per heavy atom. The summed E-state index contributed by atoms with van der Waals surface area (Å²) >= 11 is 13.1. The molecule has 0 aliphatic rings. The summed E-state index contributed by atoms with van der Waals surface area (Å²) in [6.07, 6.45) is 0.984. The minimum Gasteiger partial charge on any atom is -0.497 e. The van der Waals surface area contributed by atoms with Gasteiger partial charge in [-0.05, 0) is 42.5 Å². The number of ether oxygens (including phenoxy) is 1. The van der Waals surface area contributed by atoms with Gasteiger partial charge in [0.25, 0.3) is 0 Å². The van der Waals surface area contributed by atoms with Gasteiger partial charge in [0.15, 0.2) is 0 Å². The molecular weight excluding hydrogens is 471 g/mol. The summed E-state index contributed by atoms with van der Waals surface area (Å²) in [5.41, 5.74) is 0.953. The molecule has 0 aliphatic heterocycles. The van der Waals surface area contributed by atoms with Gasteiger partial charge in [0.2, 0.25) is 21.1 Å². The van der Waals surface area contributed by atoms with Crippen LogP contribution in [-0.2, 0) is 14.8 Å². The highest BCUT2D eigenvalue weighted by atomic mass is 35.5. The van der Waals surface area contributed by atoms with Crippen LogP contribution in [-0.4, -0.2) is 44.4 Å². The number of hydrogen-bond acceptors (Lipinski definition) is 7. The van der Waals surface area contributed by atoms with Gasteiger partial charge in [0.1, 0.15) is 17.3 Å². The topological polar surface area (TPSA) is 101 Å². The van der Waals surface area contributed by atoms with Crippen LogP contribution < -0.4 is 14.4 Å². The largest absolute Gasteiger partial charge is 0.497 e. The Bertz CT molecular complexity index is 1170. The van der Waals surface area contributed by atoms with E-state index in [1.165, 1.54) is 18.2 Å². The molecule has 12 heteroatoms. The van der Waals surface area contributed by atoms with E-state index in [0.29, 0.717) is 15.8 Å². The second kappa shape index (κ2) is 9.17. The maximum Gasteiger partial charge on any atom is 0.246 e. The Labute approximate surface area is 187 Å². The van der Waals surface area contributed by atoms with Crippen LogP contribution in [0.2, 0.25) is 10.0 Å². The van der Waals surface area contributed by atoms with Crippen molar-refractivity contribution in [3.63, 3.8) is 0 Å². The van der Waals surface area contributed by atoms with E-state index >= 15 is 0 Å². The van der Waals surface area contributed by atoms with Gasteiger partial charge in [-0.1, -0.05) is 34.5 Å². The van der Waals surface area contributed by atoms with Crippen molar-refractivity contribution in [2.75, 3.05) is 29.5 Å². The molecule has 0 saturated heterocycles. The van der Waals surface area contributed by atoms with E-state index in [4.69, 9.17) is 27.9 Å². The third-order valence-corrected chi connectivity index (χ3v) is 6.43. The summed E-state index contributed by atoms with van der Waals surface area (Å²) in [5, 5.41) is 11.8. The maximum atomic E-state index is 12.5. The Morgan fingerprint density at radius 3 is 2.47 bits per heavy atom. The van der Waals surface area contributed by atoms with Crippen LogP contribution in [0.15, 0.2) is 42.5 Å². The smallest absolute Gasteiger partial charge is 0.246 e. The van der Waals surface area contributed by atoms with Crippen molar-refractivity contribution in [1.29, 1.82) is 0 Å². The summed E-state index contributed by atoms with van der Waals surface area (Å²) < 4.78 is 30.4. The number of benzene rings is 2. The first-order valence-corrected chi connectivity index (χ1v) is 11.8. The van der Waals surface area contributed by atoms with Crippen molar-refractivity contribution in [3.8, 4) is 16.3 Å². The van der Waals surface area contributed by atoms with Crippen LogP contribution in [0.1, 0.15) is 0 Å². The van der Waals surface area contributed by atoms with E-state index in [1.54, 1.807) is 19.2 Å². The second-order valence-corrected chi connectivity index (χ2v) is 9.78. The fraction of sp³-hybridized carbons (Fsp3) is 0.167. The third-order valence-electron chi connectivity index (χ3n) is 3.87. The lowest BCUT2D eigenvalue weighted by atomic mass is 10.2. The summed E-state index contributed by atoms with van der Waals surface area (Å²) in [4.78, 5) is 12.5. The summed E-state index contributed by atoms with van der Waals surface area (Å²) in [6, 6.07) is 11.5. The molecular formula is C18H16Cl2N4O4S2. The van der Waals surface area contributed by atoms with E-state index in [0.717, 1.165) is 27.5 Å². The van der Waals surface area contributed by atoms with Crippen molar-refractivity contribution < 1.29 is 17.9 Å². The predicted molar refractivity (Wildman–Crippen MR) is 119 cm³/mol. The van der Waals surface area contributed by atoms with E-state index in [1.807, 2.05) is 12.1 Å². The first kappa shape index (κ1) is 22.3. The molecule has 0 atom stereocenters. The molecule has 1 aromatic heterocycles.